The molecule has 5 heteroatoms. The van der Waals surface area contributed by atoms with Gasteiger partial charge < -0.3 is 10.1 Å². The molecule has 1 aliphatic heterocycles. The van der Waals surface area contributed by atoms with E-state index >= 15 is 0 Å². The molecule has 1 amide bonds. The Labute approximate surface area is 137 Å². The fourth-order valence-corrected chi connectivity index (χ4v) is 4.99. The van der Waals surface area contributed by atoms with Crippen molar-refractivity contribution >= 4 is 5.91 Å². The molecule has 5 nitrogen and oxygen atoms in total. The van der Waals surface area contributed by atoms with Crippen molar-refractivity contribution in [2.75, 3.05) is 6.61 Å². The zero-order valence-electron chi connectivity index (χ0n) is 13.7. The van der Waals surface area contributed by atoms with Crippen molar-refractivity contribution < 1.29 is 9.53 Å². The van der Waals surface area contributed by atoms with E-state index in [1.807, 2.05) is 12.4 Å². The minimum Gasteiger partial charge on any atom is -0.377 e. The highest BCUT2D eigenvalue weighted by Crippen LogP contribution is 2.51. The van der Waals surface area contributed by atoms with Crippen LogP contribution in [0.15, 0.2) is 12.4 Å². The van der Waals surface area contributed by atoms with Crippen LogP contribution in [0.1, 0.15) is 50.5 Å². The van der Waals surface area contributed by atoms with E-state index in [4.69, 9.17) is 4.74 Å². The molecule has 0 unspecified atom stereocenters. The third kappa shape index (κ3) is 3.03. The molecule has 2 heterocycles. The van der Waals surface area contributed by atoms with Crippen LogP contribution >= 0.6 is 0 Å². The van der Waals surface area contributed by atoms with E-state index in [9.17, 15) is 4.79 Å². The summed E-state index contributed by atoms with van der Waals surface area (Å²) in [6, 6.07) is 0.368. The number of hydrogen-bond donors (Lipinski definition) is 2. The van der Waals surface area contributed by atoms with Crippen LogP contribution in [0, 0.1) is 17.8 Å². The van der Waals surface area contributed by atoms with E-state index in [2.05, 4.69) is 15.5 Å². The monoisotopic (exact) mass is 317 g/mol. The maximum atomic E-state index is 12.3. The lowest BCUT2D eigenvalue weighted by atomic mass is 9.61. The van der Waals surface area contributed by atoms with Gasteiger partial charge in [-0.2, -0.15) is 5.10 Å². The van der Waals surface area contributed by atoms with Gasteiger partial charge in [-0.15, -0.1) is 0 Å². The number of nitrogens with zero attached hydrogens (tertiary/aromatic N) is 1. The maximum absolute atomic E-state index is 12.3. The summed E-state index contributed by atoms with van der Waals surface area (Å²) in [5.41, 5.74) is 1.18. The number of aryl methyl sites for hydroxylation is 1. The number of rotatable bonds is 6. The molecule has 1 saturated heterocycles. The lowest BCUT2D eigenvalue weighted by Gasteiger charge is -2.50. The first-order valence-electron chi connectivity index (χ1n) is 9.21. The Balaban J connectivity index is 1.28. The second-order valence-electron chi connectivity index (χ2n) is 7.46. The summed E-state index contributed by atoms with van der Waals surface area (Å²) in [6.07, 6.45) is 13.0. The second-order valence-corrected chi connectivity index (χ2v) is 7.46. The topological polar surface area (TPSA) is 67.0 Å². The van der Waals surface area contributed by atoms with E-state index in [-0.39, 0.29) is 5.91 Å². The Bertz CT molecular complexity index is 520. The van der Waals surface area contributed by atoms with Crippen molar-refractivity contribution in [3.63, 3.8) is 0 Å². The molecule has 4 atom stereocenters. The summed E-state index contributed by atoms with van der Waals surface area (Å²) in [5, 5.41) is 10.1. The summed E-state index contributed by atoms with van der Waals surface area (Å²) in [5.74, 6) is 2.12. The summed E-state index contributed by atoms with van der Waals surface area (Å²) >= 11 is 0. The minimum atomic E-state index is 0.215. The molecule has 0 aromatic carbocycles. The predicted octanol–water partition coefficient (Wildman–Crippen LogP) is 2.44. The molecule has 1 aromatic heterocycles. The first-order chi connectivity index (χ1) is 11.3. The Morgan fingerprint density at radius 2 is 2.22 bits per heavy atom. The average molecular weight is 317 g/mol. The van der Waals surface area contributed by atoms with Gasteiger partial charge in [0.2, 0.25) is 5.91 Å². The Hall–Kier alpha value is -1.36. The van der Waals surface area contributed by atoms with Crippen molar-refractivity contribution in [2.24, 2.45) is 17.8 Å². The average Bonchev–Trinajstić information content (AvgIpc) is 3.27. The van der Waals surface area contributed by atoms with Gasteiger partial charge in [0.15, 0.2) is 0 Å². The van der Waals surface area contributed by atoms with Gasteiger partial charge in [0.1, 0.15) is 0 Å². The summed E-state index contributed by atoms with van der Waals surface area (Å²) < 4.78 is 5.96. The molecule has 23 heavy (non-hydrogen) atoms. The molecular formula is C18H27N3O2. The first kappa shape index (κ1) is 15.2. The molecule has 2 N–H and O–H groups in total. The Morgan fingerprint density at radius 1 is 1.35 bits per heavy atom. The standard InChI is InChI=1S/C18H27N3O2/c22-15(7-3-4-12-10-19-20-11-12)21-17-14-8-9-23-18(14)16(17)13-5-1-2-6-13/h10-11,13-14,16-18H,1-9H2,(H,19,20)(H,21,22)/t14-,16+,17+,18-/m1/s1. The zero-order valence-corrected chi connectivity index (χ0v) is 13.7. The van der Waals surface area contributed by atoms with Crippen molar-refractivity contribution in [1.29, 1.82) is 0 Å². The molecule has 2 aliphatic carbocycles. The number of carbonyl (C=O) groups excluding carboxylic acids is 1. The number of aromatic nitrogens is 2. The number of aromatic amines is 1. The van der Waals surface area contributed by atoms with Crippen LogP contribution in [0.3, 0.4) is 0 Å². The molecular weight excluding hydrogens is 290 g/mol. The molecule has 3 fully saturated rings. The van der Waals surface area contributed by atoms with Gasteiger partial charge in [-0.05, 0) is 30.7 Å². The van der Waals surface area contributed by atoms with E-state index in [1.165, 1.54) is 31.2 Å². The van der Waals surface area contributed by atoms with Gasteiger partial charge >= 0.3 is 0 Å². The van der Waals surface area contributed by atoms with Crippen LogP contribution in [-0.4, -0.2) is 34.9 Å². The van der Waals surface area contributed by atoms with Crippen molar-refractivity contribution in [3.8, 4) is 0 Å². The van der Waals surface area contributed by atoms with Gasteiger partial charge in [0, 0.05) is 37.1 Å². The number of amides is 1. The third-order valence-corrected chi connectivity index (χ3v) is 6.13. The van der Waals surface area contributed by atoms with Crippen LogP contribution in [0.4, 0.5) is 0 Å². The highest BCUT2D eigenvalue weighted by atomic mass is 16.5. The number of nitrogens with one attached hydrogen (secondary N) is 2. The number of fused-ring (bicyclic) bond motifs is 1. The largest absolute Gasteiger partial charge is 0.377 e. The summed E-state index contributed by atoms with van der Waals surface area (Å²) in [6.45, 7) is 0.880. The second kappa shape index (κ2) is 6.63. The fraction of sp³-hybridized carbons (Fsp3) is 0.778. The molecule has 0 spiro atoms. The number of ether oxygens (including phenoxy) is 1. The molecule has 4 rings (SSSR count). The molecule has 126 valence electrons. The lowest BCUT2D eigenvalue weighted by molar-refractivity contribution is -0.130. The zero-order chi connectivity index (χ0) is 15.6. The molecule has 0 bridgehead atoms. The van der Waals surface area contributed by atoms with E-state index in [0.29, 0.717) is 30.4 Å². The van der Waals surface area contributed by atoms with Crippen LogP contribution in [0.25, 0.3) is 0 Å². The van der Waals surface area contributed by atoms with Crippen LogP contribution in [-0.2, 0) is 16.0 Å². The SMILES string of the molecule is O=C(CCCc1cn[nH]c1)N[C@H]1[C@H]2CCO[C@H]2[C@H]1C1CCCC1. The Kier molecular flexibility index (Phi) is 4.38. The van der Waals surface area contributed by atoms with Crippen LogP contribution in [0.2, 0.25) is 0 Å². The normalized spacial score (nSPS) is 33.4. The maximum Gasteiger partial charge on any atom is 0.220 e. The van der Waals surface area contributed by atoms with Crippen molar-refractivity contribution in [1.82, 2.24) is 15.5 Å². The summed E-state index contributed by atoms with van der Waals surface area (Å²) in [7, 11) is 0. The van der Waals surface area contributed by atoms with Gasteiger partial charge in [-0.25, -0.2) is 0 Å². The molecule has 3 aliphatic rings. The van der Waals surface area contributed by atoms with Gasteiger partial charge in [-0.3, -0.25) is 9.89 Å². The molecule has 2 saturated carbocycles. The fourth-order valence-electron chi connectivity index (χ4n) is 4.99. The van der Waals surface area contributed by atoms with Gasteiger partial charge in [0.25, 0.3) is 0 Å². The van der Waals surface area contributed by atoms with Crippen LogP contribution < -0.4 is 5.32 Å². The van der Waals surface area contributed by atoms with Crippen LogP contribution in [0.5, 0.6) is 0 Å². The minimum absolute atomic E-state index is 0.215. The number of carbonyl (C=O) groups is 1. The third-order valence-electron chi connectivity index (χ3n) is 6.13. The highest BCUT2D eigenvalue weighted by Gasteiger charge is 2.56. The van der Waals surface area contributed by atoms with Crippen molar-refractivity contribution in [2.45, 2.75) is 63.5 Å². The van der Waals surface area contributed by atoms with E-state index in [1.54, 1.807) is 0 Å². The lowest BCUT2D eigenvalue weighted by Crippen LogP contribution is -2.63. The molecule has 0 radical (unpaired) electrons. The number of H-pyrrole nitrogens is 1. The number of hydrogen-bond acceptors (Lipinski definition) is 3. The van der Waals surface area contributed by atoms with Gasteiger partial charge in [-0.1, -0.05) is 25.7 Å². The Morgan fingerprint density at radius 3 is 3.00 bits per heavy atom. The quantitative estimate of drug-likeness (QED) is 0.847. The highest BCUT2D eigenvalue weighted by molar-refractivity contribution is 5.76. The smallest absolute Gasteiger partial charge is 0.220 e. The van der Waals surface area contributed by atoms with Gasteiger partial charge in [0.05, 0.1) is 12.3 Å². The summed E-state index contributed by atoms with van der Waals surface area (Å²) in [4.78, 5) is 12.3. The molecule has 1 aromatic rings. The van der Waals surface area contributed by atoms with E-state index in [0.717, 1.165) is 31.8 Å². The van der Waals surface area contributed by atoms with E-state index < -0.39 is 0 Å². The first-order valence-corrected chi connectivity index (χ1v) is 9.21. The predicted molar refractivity (Wildman–Crippen MR) is 86.8 cm³/mol. The van der Waals surface area contributed by atoms with Crippen molar-refractivity contribution in [3.05, 3.63) is 18.0 Å².